The molecule has 28 heavy (non-hydrogen) atoms. The van der Waals surface area contributed by atoms with Gasteiger partial charge in [-0.25, -0.2) is 17.5 Å². The van der Waals surface area contributed by atoms with E-state index in [1.165, 1.54) is 36.4 Å². The summed E-state index contributed by atoms with van der Waals surface area (Å²) in [6.07, 6.45) is 0. The number of hydrogen-bond acceptors (Lipinski definition) is 5. The van der Waals surface area contributed by atoms with Crippen molar-refractivity contribution in [3.63, 3.8) is 0 Å². The normalized spacial score (nSPS) is 15.5. The van der Waals surface area contributed by atoms with Crippen molar-refractivity contribution in [3.8, 4) is 5.75 Å². The molecular weight excluding hydrogens is 407 g/mol. The van der Waals surface area contributed by atoms with Crippen LogP contribution in [0.25, 0.3) is 0 Å². The van der Waals surface area contributed by atoms with Gasteiger partial charge in [0.25, 0.3) is 0 Å². The van der Waals surface area contributed by atoms with Crippen LogP contribution in [0, 0.1) is 5.82 Å². The quantitative estimate of drug-likeness (QED) is 0.700. The standard InChI is InChI=1S/C19H22ClFN2O4S/c20-16-2-4-17(5-3-16)28(24,25)22-14-15-1-6-19(18(21)13-15)27-12-9-23-7-10-26-11-8-23/h1-6,13,22H,7-12,14H2. The minimum Gasteiger partial charge on any atom is -0.489 e. The Morgan fingerprint density at radius 1 is 1.14 bits per heavy atom. The van der Waals surface area contributed by atoms with E-state index in [2.05, 4.69) is 9.62 Å². The van der Waals surface area contributed by atoms with Gasteiger partial charge in [-0.05, 0) is 42.0 Å². The molecule has 1 fully saturated rings. The maximum absolute atomic E-state index is 14.3. The van der Waals surface area contributed by atoms with Crippen molar-refractivity contribution in [3.05, 3.63) is 58.9 Å². The van der Waals surface area contributed by atoms with Gasteiger partial charge in [0.2, 0.25) is 10.0 Å². The smallest absolute Gasteiger partial charge is 0.240 e. The van der Waals surface area contributed by atoms with E-state index in [0.717, 1.165) is 13.1 Å². The van der Waals surface area contributed by atoms with E-state index >= 15 is 0 Å². The first-order chi connectivity index (χ1) is 13.4. The van der Waals surface area contributed by atoms with Crippen LogP contribution in [0.15, 0.2) is 47.4 Å². The second-order valence-corrected chi connectivity index (χ2v) is 8.55. The predicted molar refractivity (Wildman–Crippen MR) is 105 cm³/mol. The zero-order valence-electron chi connectivity index (χ0n) is 15.2. The fourth-order valence-corrected chi connectivity index (χ4v) is 3.90. The van der Waals surface area contributed by atoms with Crippen molar-refractivity contribution >= 4 is 21.6 Å². The molecule has 2 aromatic rings. The maximum Gasteiger partial charge on any atom is 0.240 e. The van der Waals surface area contributed by atoms with Gasteiger partial charge in [-0.3, -0.25) is 4.90 Å². The molecule has 0 saturated carbocycles. The van der Waals surface area contributed by atoms with Crippen LogP contribution in [0.1, 0.15) is 5.56 Å². The lowest BCUT2D eigenvalue weighted by atomic mass is 10.2. The van der Waals surface area contributed by atoms with Crippen LogP contribution < -0.4 is 9.46 Å². The number of sulfonamides is 1. The Morgan fingerprint density at radius 2 is 1.86 bits per heavy atom. The molecule has 1 saturated heterocycles. The summed E-state index contributed by atoms with van der Waals surface area (Å²) in [5.41, 5.74) is 0.496. The van der Waals surface area contributed by atoms with Crippen LogP contribution in [0.3, 0.4) is 0 Å². The summed E-state index contributed by atoms with van der Waals surface area (Å²) in [7, 11) is -3.70. The molecule has 3 rings (SSSR count). The molecule has 2 aromatic carbocycles. The lowest BCUT2D eigenvalue weighted by Crippen LogP contribution is -2.38. The zero-order valence-corrected chi connectivity index (χ0v) is 16.8. The summed E-state index contributed by atoms with van der Waals surface area (Å²) < 4.78 is 52.0. The molecule has 0 spiro atoms. The van der Waals surface area contributed by atoms with Crippen molar-refractivity contribution in [2.75, 3.05) is 39.5 Å². The van der Waals surface area contributed by atoms with Crippen LogP contribution in [0.2, 0.25) is 5.02 Å². The minimum absolute atomic E-state index is 0.0318. The van der Waals surface area contributed by atoms with Crippen molar-refractivity contribution < 1.29 is 22.3 Å². The Hall–Kier alpha value is -1.71. The number of ether oxygens (including phenoxy) is 2. The zero-order chi connectivity index (χ0) is 20.0. The maximum atomic E-state index is 14.3. The average molecular weight is 429 g/mol. The minimum atomic E-state index is -3.70. The van der Waals surface area contributed by atoms with Crippen molar-refractivity contribution in [2.45, 2.75) is 11.4 Å². The van der Waals surface area contributed by atoms with Crippen molar-refractivity contribution in [2.24, 2.45) is 0 Å². The van der Waals surface area contributed by atoms with E-state index in [9.17, 15) is 12.8 Å². The molecule has 0 radical (unpaired) electrons. The average Bonchev–Trinajstić information content (AvgIpc) is 2.69. The molecular formula is C19H22ClFN2O4S. The van der Waals surface area contributed by atoms with Gasteiger partial charge >= 0.3 is 0 Å². The van der Waals surface area contributed by atoms with Gasteiger partial charge in [0, 0.05) is 31.2 Å². The van der Waals surface area contributed by atoms with Gasteiger partial charge in [0.1, 0.15) is 6.61 Å². The van der Waals surface area contributed by atoms with Gasteiger partial charge in [0.05, 0.1) is 18.1 Å². The van der Waals surface area contributed by atoms with E-state index in [0.29, 0.717) is 37.0 Å². The van der Waals surface area contributed by atoms with Gasteiger partial charge in [0.15, 0.2) is 11.6 Å². The molecule has 0 unspecified atom stereocenters. The van der Waals surface area contributed by atoms with Crippen LogP contribution in [0.5, 0.6) is 5.75 Å². The van der Waals surface area contributed by atoms with Gasteiger partial charge in [-0.2, -0.15) is 0 Å². The highest BCUT2D eigenvalue weighted by atomic mass is 35.5. The van der Waals surface area contributed by atoms with Gasteiger partial charge < -0.3 is 9.47 Å². The van der Waals surface area contributed by atoms with E-state index in [1.54, 1.807) is 6.07 Å². The molecule has 0 aromatic heterocycles. The SMILES string of the molecule is O=S(=O)(NCc1ccc(OCCN2CCOCC2)c(F)c1)c1ccc(Cl)cc1. The first-order valence-corrected chi connectivity index (χ1v) is 10.8. The Kier molecular flexibility index (Phi) is 7.25. The predicted octanol–water partition coefficient (Wildman–Crippen LogP) is 2.67. The van der Waals surface area contributed by atoms with Crippen LogP contribution in [0.4, 0.5) is 4.39 Å². The molecule has 152 valence electrons. The summed E-state index contributed by atoms with van der Waals surface area (Å²) >= 11 is 5.77. The summed E-state index contributed by atoms with van der Waals surface area (Å²) in [6.45, 7) is 4.14. The van der Waals surface area contributed by atoms with E-state index < -0.39 is 15.8 Å². The molecule has 1 N–H and O–H groups in total. The molecule has 0 amide bonds. The van der Waals surface area contributed by atoms with E-state index in [-0.39, 0.29) is 17.2 Å². The highest BCUT2D eigenvalue weighted by molar-refractivity contribution is 7.89. The lowest BCUT2D eigenvalue weighted by molar-refractivity contribution is 0.0320. The molecule has 0 aliphatic carbocycles. The highest BCUT2D eigenvalue weighted by Crippen LogP contribution is 2.19. The number of benzene rings is 2. The molecule has 1 aliphatic rings. The summed E-state index contributed by atoms with van der Waals surface area (Å²) in [6, 6.07) is 10.2. The Labute approximate surface area is 169 Å². The van der Waals surface area contributed by atoms with Crippen LogP contribution >= 0.6 is 11.6 Å². The molecule has 9 heteroatoms. The monoisotopic (exact) mass is 428 g/mol. The van der Waals surface area contributed by atoms with Gasteiger partial charge in [-0.1, -0.05) is 17.7 Å². The second-order valence-electron chi connectivity index (χ2n) is 6.35. The third-order valence-corrected chi connectivity index (χ3v) is 6.02. The Balaban J connectivity index is 1.52. The van der Waals surface area contributed by atoms with Crippen molar-refractivity contribution in [1.82, 2.24) is 9.62 Å². The number of rotatable bonds is 8. The number of nitrogens with zero attached hydrogens (tertiary/aromatic N) is 1. The summed E-state index contributed by atoms with van der Waals surface area (Å²) in [4.78, 5) is 2.29. The number of hydrogen-bond donors (Lipinski definition) is 1. The number of halogens is 2. The summed E-state index contributed by atoms with van der Waals surface area (Å²) in [5.74, 6) is -0.372. The first-order valence-electron chi connectivity index (χ1n) is 8.90. The largest absolute Gasteiger partial charge is 0.489 e. The van der Waals surface area contributed by atoms with E-state index in [4.69, 9.17) is 21.1 Å². The molecule has 1 heterocycles. The number of nitrogens with one attached hydrogen (secondary N) is 1. The Morgan fingerprint density at radius 3 is 2.54 bits per heavy atom. The van der Waals surface area contributed by atoms with E-state index in [1.807, 2.05) is 0 Å². The third kappa shape index (κ3) is 5.89. The summed E-state index contributed by atoms with van der Waals surface area (Å²) in [5, 5.41) is 0.449. The first kappa shape index (κ1) is 21.0. The lowest BCUT2D eigenvalue weighted by Gasteiger charge is -2.26. The van der Waals surface area contributed by atoms with Gasteiger partial charge in [-0.15, -0.1) is 0 Å². The fourth-order valence-electron chi connectivity index (χ4n) is 2.76. The second kappa shape index (κ2) is 9.67. The molecule has 0 bridgehead atoms. The number of morpholine rings is 1. The highest BCUT2D eigenvalue weighted by Gasteiger charge is 2.15. The van der Waals surface area contributed by atoms with Crippen molar-refractivity contribution in [1.29, 1.82) is 0 Å². The van der Waals surface area contributed by atoms with Crippen LogP contribution in [-0.2, 0) is 21.3 Å². The third-order valence-electron chi connectivity index (χ3n) is 4.36. The molecule has 1 aliphatic heterocycles. The topological polar surface area (TPSA) is 67.9 Å². The van der Waals surface area contributed by atoms with Crippen LogP contribution in [-0.4, -0.2) is 52.8 Å². The fraction of sp³-hybridized carbons (Fsp3) is 0.368. The molecule has 6 nitrogen and oxygen atoms in total. The Bertz CT molecular complexity index is 887. The molecule has 0 atom stereocenters.